The number of nitrogens with zero attached hydrogens (tertiary/aromatic N) is 4. The maximum absolute atomic E-state index is 10.2. The van der Waals surface area contributed by atoms with Gasteiger partial charge in [0.25, 0.3) is 0 Å². The van der Waals surface area contributed by atoms with Crippen molar-refractivity contribution in [3.05, 3.63) is 0 Å². The van der Waals surface area contributed by atoms with Crippen LogP contribution in [-0.2, 0) is 4.79 Å². The zero-order valence-corrected chi connectivity index (χ0v) is 7.99. The summed E-state index contributed by atoms with van der Waals surface area (Å²) in [5.41, 5.74) is 0. The van der Waals surface area contributed by atoms with Crippen LogP contribution >= 0.6 is 11.5 Å². The van der Waals surface area contributed by atoms with Crippen LogP contribution < -0.4 is 4.90 Å². The Balaban J connectivity index is 2.26. The predicted molar refractivity (Wildman–Crippen MR) is 47.8 cm³/mol. The molecule has 7 heteroatoms. The van der Waals surface area contributed by atoms with E-state index in [9.17, 15) is 4.79 Å². The van der Waals surface area contributed by atoms with Gasteiger partial charge in [0.1, 0.15) is 0 Å². The van der Waals surface area contributed by atoms with Gasteiger partial charge in [-0.3, -0.25) is 4.79 Å². The molecule has 0 aliphatic carbocycles. The molecule has 0 aliphatic rings. The number of aliphatic carboxylic acids is 1. The molecule has 72 valence electrons. The number of carboxylic acids is 1. The van der Waals surface area contributed by atoms with Crippen molar-refractivity contribution in [2.45, 2.75) is 12.8 Å². The molecule has 0 bridgehead atoms. The van der Waals surface area contributed by atoms with Crippen LogP contribution in [0.4, 0.5) is 5.13 Å². The van der Waals surface area contributed by atoms with Crippen LogP contribution in [0.15, 0.2) is 0 Å². The molecule has 1 heterocycles. The molecular formula is C6H10N4O2S. The second-order valence-corrected chi connectivity index (χ2v) is 3.27. The van der Waals surface area contributed by atoms with Gasteiger partial charge in [-0.1, -0.05) is 9.59 Å². The van der Waals surface area contributed by atoms with Crippen molar-refractivity contribution in [2.75, 3.05) is 18.5 Å². The van der Waals surface area contributed by atoms with E-state index < -0.39 is 5.97 Å². The zero-order valence-electron chi connectivity index (χ0n) is 7.17. The summed E-state index contributed by atoms with van der Waals surface area (Å²) in [5.74, 6) is -0.774. The monoisotopic (exact) mass is 202 g/mol. The normalized spacial score (nSPS) is 9.92. The minimum absolute atomic E-state index is 0.177. The van der Waals surface area contributed by atoms with Crippen molar-refractivity contribution in [1.29, 1.82) is 0 Å². The van der Waals surface area contributed by atoms with E-state index in [4.69, 9.17) is 5.11 Å². The Hall–Kier alpha value is -1.24. The third kappa shape index (κ3) is 3.32. The Morgan fingerprint density at radius 1 is 1.69 bits per heavy atom. The number of rotatable bonds is 5. The number of anilines is 1. The lowest BCUT2D eigenvalue weighted by molar-refractivity contribution is -0.137. The summed E-state index contributed by atoms with van der Waals surface area (Å²) in [5, 5.41) is 16.3. The van der Waals surface area contributed by atoms with Gasteiger partial charge in [0.15, 0.2) is 0 Å². The second kappa shape index (κ2) is 4.70. The van der Waals surface area contributed by atoms with Crippen molar-refractivity contribution >= 4 is 22.6 Å². The highest BCUT2D eigenvalue weighted by Crippen LogP contribution is 2.11. The van der Waals surface area contributed by atoms with Crippen LogP contribution in [0.2, 0.25) is 0 Å². The van der Waals surface area contributed by atoms with E-state index in [1.54, 1.807) is 0 Å². The average Bonchev–Trinajstić information content (AvgIpc) is 2.55. The fourth-order valence-electron chi connectivity index (χ4n) is 0.839. The highest BCUT2D eigenvalue weighted by molar-refractivity contribution is 7.09. The molecule has 0 aromatic carbocycles. The largest absolute Gasteiger partial charge is 0.481 e. The van der Waals surface area contributed by atoms with Crippen molar-refractivity contribution in [3.63, 3.8) is 0 Å². The van der Waals surface area contributed by atoms with E-state index in [-0.39, 0.29) is 6.42 Å². The molecule has 1 aromatic rings. The van der Waals surface area contributed by atoms with Gasteiger partial charge in [-0.25, -0.2) is 0 Å². The Labute approximate surface area is 79.3 Å². The van der Waals surface area contributed by atoms with Gasteiger partial charge in [-0.05, 0) is 11.6 Å². The third-order valence-electron chi connectivity index (χ3n) is 1.50. The highest BCUT2D eigenvalue weighted by Gasteiger charge is 2.05. The minimum atomic E-state index is -0.774. The fourth-order valence-corrected chi connectivity index (χ4v) is 1.29. The number of carboxylic acid groups (broad SMARTS) is 1. The molecule has 0 saturated carbocycles. The molecular weight excluding hydrogens is 192 g/mol. The summed E-state index contributed by atoms with van der Waals surface area (Å²) >= 11 is 1.20. The van der Waals surface area contributed by atoms with E-state index in [0.29, 0.717) is 18.1 Å². The van der Waals surface area contributed by atoms with Crippen molar-refractivity contribution in [2.24, 2.45) is 0 Å². The Bertz CT molecular complexity index is 264. The molecule has 0 spiro atoms. The molecule has 6 nitrogen and oxygen atoms in total. The van der Waals surface area contributed by atoms with Crippen molar-refractivity contribution in [3.8, 4) is 0 Å². The number of aromatic nitrogens is 3. The molecule has 0 radical (unpaired) electrons. The Morgan fingerprint density at radius 2 is 2.46 bits per heavy atom. The second-order valence-electron chi connectivity index (χ2n) is 2.56. The maximum atomic E-state index is 10.2. The standard InChI is InChI=1S/C6H10N4O2S/c1-10(4-2-3-5(11)12)6-7-8-9-13-6/h2-4H2,1H3,(H,11,12). The molecule has 1 aromatic heterocycles. The predicted octanol–water partition coefficient (Wildman–Crippen LogP) is 0.234. The van der Waals surface area contributed by atoms with Crippen LogP contribution in [0.1, 0.15) is 12.8 Å². The van der Waals surface area contributed by atoms with E-state index in [0.717, 1.165) is 0 Å². The van der Waals surface area contributed by atoms with Crippen molar-refractivity contribution < 1.29 is 9.90 Å². The summed E-state index contributed by atoms with van der Waals surface area (Å²) in [6.45, 7) is 0.656. The van der Waals surface area contributed by atoms with Crippen LogP contribution in [0.3, 0.4) is 0 Å². The molecule has 13 heavy (non-hydrogen) atoms. The number of hydrogen-bond donors (Lipinski definition) is 1. The molecule has 0 saturated heterocycles. The van der Waals surface area contributed by atoms with Gasteiger partial charge in [0.2, 0.25) is 5.13 Å². The first-order chi connectivity index (χ1) is 6.20. The van der Waals surface area contributed by atoms with E-state index >= 15 is 0 Å². The van der Waals surface area contributed by atoms with Crippen LogP contribution in [0.5, 0.6) is 0 Å². The average molecular weight is 202 g/mol. The molecule has 1 rings (SSSR count). The summed E-state index contributed by atoms with van der Waals surface area (Å²) in [6, 6.07) is 0. The molecule has 0 amide bonds. The van der Waals surface area contributed by atoms with Crippen LogP contribution in [0.25, 0.3) is 0 Å². The molecule has 0 atom stereocenters. The van der Waals surface area contributed by atoms with Gasteiger partial charge in [-0.15, -0.1) is 0 Å². The van der Waals surface area contributed by atoms with Crippen LogP contribution in [0, 0.1) is 0 Å². The topological polar surface area (TPSA) is 79.2 Å². The van der Waals surface area contributed by atoms with Gasteiger partial charge in [-0.2, -0.15) is 0 Å². The molecule has 1 N–H and O–H groups in total. The summed E-state index contributed by atoms with van der Waals surface area (Å²) in [7, 11) is 1.84. The van der Waals surface area contributed by atoms with Gasteiger partial charge in [0.05, 0.1) is 0 Å². The Morgan fingerprint density at radius 3 is 3.00 bits per heavy atom. The third-order valence-corrected chi connectivity index (χ3v) is 2.21. The number of carbonyl (C=O) groups is 1. The van der Waals surface area contributed by atoms with Crippen molar-refractivity contribution in [1.82, 2.24) is 14.8 Å². The first-order valence-electron chi connectivity index (χ1n) is 3.78. The maximum Gasteiger partial charge on any atom is 0.303 e. The first-order valence-corrected chi connectivity index (χ1v) is 4.55. The lowest BCUT2D eigenvalue weighted by Gasteiger charge is -2.12. The van der Waals surface area contributed by atoms with Gasteiger partial charge < -0.3 is 10.0 Å². The summed E-state index contributed by atoms with van der Waals surface area (Å²) in [6.07, 6.45) is 0.780. The lowest BCUT2D eigenvalue weighted by Crippen LogP contribution is -2.19. The highest BCUT2D eigenvalue weighted by atomic mass is 32.1. The van der Waals surface area contributed by atoms with Crippen LogP contribution in [-0.4, -0.2) is 39.5 Å². The molecule has 0 unspecified atom stereocenters. The molecule has 0 aliphatic heterocycles. The van der Waals surface area contributed by atoms with E-state index in [2.05, 4.69) is 14.8 Å². The summed E-state index contributed by atoms with van der Waals surface area (Å²) in [4.78, 5) is 12.1. The zero-order chi connectivity index (χ0) is 9.68. The molecule has 0 fully saturated rings. The number of hydrogen-bond acceptors (Lipinski definition) is 6. The Kier molecular flexibility index (Phi) is 3.56. The minimum Gasteiger partial charge on any atom is -0.481 e. The lowest BCUT2D eigenvalue weighted by atomic mass is 10.3. The summed E-state index contributed by atoms with van der Waals surface area (Å²) < 4.78 is 3.61. The van der Waals surface area contributed by atoms with Gasteiger partial charge in [0, 0.05) is 31.5 Å². The van der Waals surface area contributed by atoms with E-state index in [1.165, 1.54) is 11.5 Å². The van der Waals surface area contributed by atoms with Gasteiger partial charge >= 0.3 is 5.97 Å². The van der Waals surface area contributed by atoms with E-state index in [1.807, 2.05) is 11.9 Å². The first kappa shape index (κ1) is 9.85. The smallest absolute Gasteiger partial charge is 0.303 e. The SMILES string of the molecule is CN(CCCC(=O)O)c1nnns1. The quantitative estimate of drug-likeness (QED) is 0.736. The fraction of sp³-hybridized carbons (Fsp3) is 0.667.